The molecule has 0 saturated heterocycles. The van der Waals surface area contributed by atoms with E-state index < -0.39 is 5.92 Å². The van der Waals surface area contributed by atoms with Crippen LogP contribution in [0.3, 0.4) is 0 Å². The Bertz CT molecular complexity index is 508. The highest BCUT2D eigenvalue weighted by Crippen LogP contribution is 2.33. The Morgan fingerprint density at radius 1 is 1.22 bits per heavy atom. The first-order valence-corrected chi connectivity index (χ1v) is 5.89. The number of aliphatic imine (C=N–C) groups is 1. The number of para-hydroxylation sites is 2. The van der Waals surface area contributed by atoms with Gasteiger partial charge in [-0.05, 0) is 26.0 Å². The van der Waals surface area contributed by atoms with Crippen LogP contribution in [0.5, 0.6) is 0 Å². The average molecular weight is 244 g/mol. The Hall–Kier alpha value is -1.97. The maximum absolute atomic E-state index is 11.6. The molecule has 0 aliphatic carbocycles. The van der Waals surface area contributed by atoms with E-state index in [1.54, 1.807) is 6.21 Å². The van der Waals surface area contributed by atoms with Crippen LogP contribution in [0.4, 0.5) is 11.4 Å². The van der Waals surface area contributed by atoms with Gasteiger partial charge < -0.3 is 4.90 Å². The highest BCUT2D eigenvalue weighted by atomic mass is 16.1. The first-order valence-electron chi connectivity index (χ1n) is 5.89. The normalized spacial score (nSPS) is 17.8. The summed E-state index contributed by atoms with van der Waals surface area (Å²) in [5, 5.41) is 0. The van der Waals surface area contributed by atoms with Gasteiger partial charge in [0, 0.05) is 13.3 Å². The summed E-state index contributed by atoms with van der Waals surface area (Å²) in [5.41, 5.74) is 1.81. The molecule has 1 aromatic carbocycles. The third-order valence-electron chi connectivity index (χ3n) is 3.29. The van der Waals surface area contributed by atoms with Crippen molar-refractivity contribution < 1.29 is 9.59 Å². The van der Waals surface area contributed by atoms with Crippen LogP contribution < -0.4 is 4.90 Å². The molecular weight excluding hydrogens is 228 g/mol. The molecule has 1 aliphatic heterocycles. The van der Waals surface area contributed by atoms with Gasteiger partial charge in [0.15, 0.2) is 0 Å². The van der Waals surface area contributed by atoms with E-state index in [4.69, 9.17) is 0 Å². The van der Waals surface area contributed by atoms with Crippen molar-refractivity contribution in [1.82, 2.24) is 0 Å². The summed E-state index contributed by atoms with van der Waals surface area (Å²) in [7, 11) is 1.88. The van der Waals surface area contributed by atoms with Crippen molar-refractivity contribution in [2.45, 2.75) is 19.9 Å². The molecule has 0 bridgehead atoms. The SMILES string of the molecule is CC(=O)C(C(C)=O)C1C=Nc2ccccc2N1C. The number of rotatable bonds is 3. The summed E-state index contributed by atoms with van der Waals surface area (Å²) in [6, 6.07) is 7.39. The Kier molecular flexibility index (Phi) is 3.28. The number of hydrogen-bond acceptors (Lipinski definition) is 4. The molecule has 1 heterocycles. The standard InChI is InChI=1S/C14H16N2O2/c1-9(17)14(10(2)18)13-8-15-11-6-4-5-7-12(11)16(13)3/h4-8,13-14H,1-3H3. The lowest BCUT2D eigenvalue weighted by atomic mass is 9.90. The minimum atomic E-state index is -0.646. The molecule has 1 aliphatic rings. The topological polar surface area (TPSA) is 49.7 Å². The van der Waals surface area contributed by atoms with Gasteiger partial charge in [-0.25, -0.2) is 0 Å². The molecule has 0 aromatic heterocycles. The highest BCUT2D eigenvalue weighted by molar-refractivity contribution is 6.05. The third kappa shape index (κ3) is 2.06. The van der Waals surface area contributed by atoms with Gasteiger partial charge in [-0.3, -0.25) is 14.6 Å². The Morgan fingerprint density at radius 2 is 1.83 bits per heavy atom. The van der Waals surface area contributed by atoms with Crippen LogP contribution in [0, 0.1) is 5.92 Å². The molecule has 4 nitrogen and oxygen atoms in total. The predicted molar refractivity (Wildman–Crippen MR) is 71.6 cm³/mol. The van der Waals surface area contributed by atoms with Crippen LogP contribution in [0.1, 0.15) is 13.8 Å². The summed E-state index contributed by atoms with van der Waals surface area (Å²) in [4.78, 5) is 29.5. The van der Waals surface area contributed by atoms with E-state index in [-0.39, 0.29) is 17.6 Å². The van der Waals surface area contributed by atoms with E-state index in [0.717, 1.165) is 11.4 Å². The van der Waals surface area contributed by atoms with Gasteiger partial charge in [-0.1, -0.05) is 12.1 Å². The monoisotopic (exact) mass is 244 g/mol. The minimum absolute atomic E-state index is 0.120. The van der Waals surface area contributed by atoms with Crippen molar-refractivity contribution in [3.05, 3.63) is 24.3 Å². The van der Waals surface area contributed by atoms with Crippen LogP contribution in [-0.4, -0.2) is 30.9 Å². The van der Waals surface area contributed by atoms with Gasteiger partial charge in [-0.2, -0.15) is 0 Å². The van der Waals surface area contributed by atoms with Crippen molar-refractivity contribution >= 4 is 29.2 Å². The molecule has 1 atom stereocenters. The molecule has 4 heteroatoms. The number of ketones is 2. The van der Waals surface area contributed by atoms with Crippen LogP contribution in [0.25, 0.3) is 0 Å². The zero-order chi connectivity index (χ0) is 13.3. The molecule has 0 saturated carbocycles. The number of anilines is 1. The molecule has 0 spiro atoms. The molecule has 1 aromatic rings. The third-order valence-corrected chi connectivity index (χ3v) is 3.29. The number of carbonyl (C=O) groups excluding carboxylic acids is 2. The summed E-state index contributed by atoms with van der Waals surface area (Å²) in [5.74, 6) is -0.887. The molecule has 94 valence electrons. The zero-order valence-electron chi connectivity index (χ0n) is 10.8. The van der Waals surface area contributed by atoms with E-state index in [9.17, 15) is 9.59 Å². The van der Waals surface area contributed by atoms with Gasteiger partial charge in [-0.15, -0.1) is 0 Å². The number of nitrogens with zero attached hydrogens (tertiary/aromatic N) is 2. The van der Waals surface area contributed by atoms with E-state index >= 15 is 0 Å². The molecule has 18 heavy (non-hydrogen) atoms. The number of benzene rings is 1. The fraction of sp³-hybridized carbons (Fsp3) is 0.357. The Labute approximate surface area is 106 Å². The summed E-state index contributed by atoms with van der Waals surface area (Å²) >= 11 is 0. The average Bonchev–Trinajstić information content (AvgIpc) is 2.32. The molecule has 0 N–H and O–H groups in total. The second-order valence-corrected chi connectivity index (χ2v) is 4.57. The predicted octanol–water partition coefficient (Wildman–Crippen LogP) is 2.00. The van der Waals surface area contributed by atoms with Gasteiger partial charge in [0.2, 0.25) is 0 Å². The minimum Gasteiger partial charge on any atom is -0.364 e. The Morgan fingerprint density at radius 3 is 2.44 bits per heavy atom. The lowest BCUT2D eigenvalue weighted by Gasteiger charge is -2.34. The summed E-state index contributed by atoms with van der Waals surface area (Å²) in [6.45, 7) is 2.91. The highest BCUT2D eigenvalue weighted by Gasteiger charge is 2.33. The van der Waals surface area contributed by atoms with Crippen molar-refractivity contribution in [2.24, 2.45) is 10.9 Å². The van der Waals surface area contributed by atoms with Gasteiger partial charge in [0.25, 0.3) is 0 Å². The molecule has 2 rings (SSSR count). The molecular formula is C14H16N2O2. The lowest BCUT2D eigenvalue weighted by molar-refractivity contribution is -0.130. The first kappa shape index (κ1) is 12.5. The van der Waals surface area contributed by atoms with Crippen molar-refractivity contribution in [2.75, 3.05) is 11.9 Å². The van der Waals surface area contributed by atoms with Crippen molar-refractivity contribution in [3.8, 4) is 0 Å². The molecule has 0 radical (unpaired) electrons. The molecule has 0 fully saturated rings. The van der Waals surface area contributed by atoms with E-state index in [1.165, 1.54) is 13.8 Å². The number of fused-ring (bicyclic) bond motifs is 1. The lowest BCUT2D eigenvalue weighted by Crippen LogP contribution is -2.46. The first-order chi connectivity index (χ1) is 8.52. The quantitative estimate of drug-likeness (QED) is 0.764. The fourth-order valence-electron chi connectivity index (χ4n) is 2.37. The zero-order valence-corrected chi connectivity index (χ0v) is 10.8. The van der Waals surface area contributed by atoms with Crippen molar-refractivity contribution in [3.63, 3.8) is 0 Å². The summed E-state index contributed by atoms with van der Waals surface area (Å²) < 4.78 is 0. The second-order valence-electron chi connectivity index (χ2n) is 4.57. The number of Topliss-reactive ketones (excluding diaryl/α,β-unsaturated/α-hetero) is 2. The smallest absolute Gasteiger partial charge is 0.142 e. The van der Waals surface area contributed by atoms with Crippen LogP contribution in [0.2, 0.25) is 0 Å². The van der Waals surface area contributed by atoms with E-state index in [1.807, 2.05) is 36.2 Å². The van der Waals surface area contributed by atoms with E-state index in [0.29, 0.717) is 0 Å². The van der Waals surface area contributed by atoms with Crippen LogP contribution >= 0.6 is 0 Å². The van der Waals surface area contributed by atoms with Gasteiger partial charge in [0.1, 0.15) is 17.5 Å². The maximum atomic E-state index is 11.6. The molecule has 1 unspecified atom stereocenters. The van der Waals surface area contributed by atoms with E-state index in [2.05, 4.69) is 4.99 Å². The largest absolute Gasteiger partial charge is 0.364 e. The second kappa shape index (κ2) is 4.72. The van der Waals surface area contributed by atoms with Gasteiger partial charge in [0.05, 0.1) is 17.4 Å². The number of hydrogen-bond donors (Lipinski definition) is 0. The van der Waals surface area contributed by atoms with Crippen LogP contribution in [0.15, 0.2) is 29.3 Å². The maximum Gasteiger partial charge on any atom is 0.142 e. The van der Waals surface area contributed by atoms with Crippen molar-refractivity contribution in [1.29, 1.82) is 0 Å². The summed E-state index contributed by atoms with van der Waals surface area (Å²) in [6.07, 6.45) is 1.69. The molecule has 0 amide bonds. The Balaban J connectivity index is 2.39. The fourth-order valence-corrected chi connectivity index (χ4v) is 2.37. The van der Waals surface area contributed by atoms with Crippen LogP contribution in [-0.2, 0) is 9.59 Å². The number of carbonyl (C=O) groups is 2. The van der Waals surface area contributed by atoms with Gasteiger partial charge >= 0.3 is 0 Å².